The van der Waals surface area contributed by atoms with Gasteiger partial charge in [-0.2, -0.15) is 0 Å². The fourth-order valence-corrected chi connectivity index (χ4v) is 3.18. The van der Waals surface area contributed by atoms with Crippen LogP contribution in [0.4, 0.5) is 5.69 Å². The van der Waals surface area contributed by atoms with Crippen LogP contribution in [0.1, 0.15) is 55.5 Å². The van der Waals surface area contributed by atoms with E-state index >= 15 is 0 Å². The summed E-state index contributed by atoms with van der Waals surface area (Å²) < 4.78 is 0. The van der Waals surface area contributed by atoms with Crippen molar-refractivity contribution < 1.29 is 9.59 Å². The summed E-state index contributed by atoms with van der Waals surface area (Å²) in [5.74, 6) is 0.947. The summed E-state index contributed by atoms with van der Waals surface area (Å²) in [5.41, 5.74) is 2.32. The lowest BCUT2D eigenvalue weighted by molar-refractivity contribution is -0.116. The molecule has 146 valence electrons. The lowest BCUT2D eigenvalue weighted by atomic mass is 9.96. The Hall–Kier alpha value is -1.59. The largest absolute Gasteiger partial charge is 0.352 e. The highest BCUT2D eigenvalue weighted by Crippen LogP contribution is 2.18. The van der Waals surface area contributed by atoms with E-state index in [1.807, 2.05) is 32.9 Å². The second kappa shape index (κ2) is 11.2. The number of anilines is 1. The highest BCUT2D eigenvalue weighted by molar-refractivity contribution is 5.96. The molecular weight excluding hydrogens is 350 g/mol. The zero-order valence-electron chi connectivity index (χ0n) is 16.1. The van der Waals surface area contributed by atoms with E-state index in [-0.39, 0.29) is 24.2 Å². The van der Waals surface area contributed by atoms with Gasteiger partial charge in [-0.1, -0.05) is 13.8 Å². The smallest absolute Gasteiger partial charge is 0.251 e. The monoisotopic (exact) mass is 381 g/mol. The van der Waals surface area contributed by atoms with Crippen molar-refractivity contribution in [1.82, 2.24) is 10.6 Å². The van der Waals surface area contributed by atoms with Gasteiger partial charge < -0.3 is 16.0 Å². The van der Waals surface area contributed by atoms with Crippen LogP contribution >= 0.6 is 12.4 Å². The molecule has 1 saturated heterocycles. The van der Waals surface area contributed by atoms with Crippen LogP contribution in [0.15, 0.2) is 18.2 Å². The van der Waals surface area contributed by atoms with Gasteiger partial charge in [0.1, 0.15) is 0 Å². The number of rotatable bonds is 7. The molecule has 0 aliphatic carbocycles. The number of hydrogen-bond acceptors (Lipinski definition) is 3. The standard InChI is InChI=1S/C20H31N3O2.ClH/c1-14(2)11-19(24)23-18-7-6-17(12-15(18)3)20(25)22-10-8-16-5-4-9-21-13-16;/h6-7,12,14,16,21H,4-5,8-11,13H2,1-3H3,(H,22,25)(H,23,24);1H. The Morgan fingerprint density at radius 2 is 2.08 bits per heavy atom. The number of benzene rings is 1. The quantitative estimate of drug-likeness (QED) is 0.676. The fraction of sp³-hybridized carbons (Fsp3) is 0.600. The first-order valence-electron chi connectivity index (χ1n) is 9.35. The molecule has 1 unspecified atom stereocenters. The van der Waals surface area contributed by atoms with E-state index < -0.39 is 0 Å². The molecule has 1 aromatic carbocycles. The van der Waals surface area contributed by atoms with Crippen LogP contribution in [0.3, 0.4) is 0 Å². The number of halogens is 1. The summed E-state index contributed by atoms with van der Waals surface area (Å²) in [7, 11) is 0. The SMILES string of the molecule is Cc1cc(C(=O)NCCC2CCCNC2)ccc1NC(=O)CC(C)C.Cl. The van der Waals surface area contributed by atoms with Gasteiger partial charge in [-0.25, -0.2) is 0 Å². The molecule has 0 radical (unpaired) electrons. The summed E-state index contributed by atoms with van der Waals surface area (Å²) >= 11 is 0. The molecule has 6 heteroatoms. The van der Waals surface area contributed by atoms with Crippen LogP contribution in [0.5, 0.6) is 0 Å². The molecule has 1 fully saturated rings. The molecule has 0 aromatic heterocycles. The Morgan fingerprint density at radius 1 is 1.31 bits per heavy atom. The minimum Gasteiger partial charge on any atom is -0.352 e. The van der Waals surface area contributed by atoms with Gasteiger partial charge in [0.2, 0.25) is 5.91 Å². The molecule has 1 atom stereocenters. The average molecular weight is 382 g/mol. The number of nitrogens with one attached hydrogen (secondary N) is 3. The molecule has 3 N–H and O–H groups in total. The number of piperidine rings is 1. The molecule has 2 rings (SSSR count). The molecule has 1 aromatic rings. The third kappa shape index (κ3) is 7.34. The summed E-state index contributed by atoms with van der Waals surface area (Å²) in [4.78, 5) is 24.2. The van der Waals surface area contributed by atoms with Crippen LogP contribution < -0.4 is 16.0 Å². The van der Waals surface area contributed by atoms with Crippen molar-refractivity contribution >= 4 is 29.9 Å². The Kier molecular flexibility index (Phi) is 9.66. The van der Waals surface area contributed by atoms with Gasteiger partial charge in [0.25, 0.3) is 5.91 Å². The molecular formula is C20H32ClN3O2. The molecule has 2 amide bonds. The van der Waals surface area contributed by atoms with Crippen molar-refractivity contribution in [3.05, 3.63) is 29.3 Å². The topological polar surface area (TPSA) is 70.2 Å². The van der Waals surface area contributed by atoms with E-state index in [0.29, 0.717) is 30.4 Å². The Bertz CT molecular complexity index is 599. The Balaban J connectivity index is 0.00000338. The second-order valence-electron chi connectivity index (χ2n) is 7.43. The molecule has 0 spiro atoms. The van der Waals surface area contributed by atoms with Crippen LogP contribution in [0.25, 0.3) is 0 Å². The molecule has 5 nitrogen and oxygen atoms in total. The minimum atomic E-state index is -0.0491. The minimum absolute atomic E-state index is 0. The molecule has 0 saturated carbocycles. The van der Waals surface area contributed by atoms with Crippen molar-refractivity contribution in [3.8, 4) is 0 Å². The number of carbonyl (C=O) groups excluding carboxylic acids is 2. The third-order valence-electron chi connectivity index (χ3n) is 4.59. The first kappa shape index (κ1) is 22.5. The highest BCUT2D eigenvalue weighted by atomic mass is 35.5. The van der Waals surface area contributed by atoms with Crippen LogP contribution in [0.2, 0.25) is 0 Å². The normalized spacial score (nSPS) is 16.7. The summed E-state index contributed by atoms with van der Waals surface area (Å²) in [6.07, 6.45) is 3.98. The molecule has 1 aliphatic rings. The predicted molar refractivity (Wildman–Crippen MR) is 109 cm³/mol. The van der Waals surface area contributed by atoms with Crippen molar-refractivity contribution in [2.45, 2.75) is 46.5 Å². The van der Waals surface area contributed by atoms with Crippen LogP contribution in [-0.2, 0) is 4.79 Å². The van der Waals surface area contributed by atoms with Gasteiger partial charge in [-0.05, 0) is 74.9 Å². The summed E-state index contributed by atoms with van der Waals surface area (Å²) in [6, 6.07) is 5.42. The lowest BCUT2D eigenvalue weighted by Crippen LogP contribution is -2.33. The highest BCUT2D eigenvalue weighted by Gasteiger charge is 2.14. The molecule has 26 heavy (non-hydrogen) atoms. The zero-order valence-corrected chi connectivity index (χ0v) is 16.9. The van der Waals surface area contributed by atoms with Crippen LogP contribution in [-0.4, -0.2) is 31.4 Å². The molecule has 1 heterocycles. The van der Waals surface area contributed by atoms with E-state index in [9.17, 15) is 9.59 Å². The first-order valence-corrected chi connectivity index (χ1v) is 9.35. The fourth-order valence-electron chi connectivity index (χ4n) is 3.18. The van der Waals surface area contributed by atoms with Crippen molar-refractivity contribution in [1.29, 1.82) is 0 Å². The van der Waals surface area contributed by atoms with Gasteiger partial charge >= 0.3 is 0 Å². The van der Waals surface area contributed by atoms with Crippen molar-refractivity contribution in [3.63, 3.8) is 0 Å². The number of aryl methyl sites for hydroxylation is 1. The maximum atomic E-state index is 12.3. The van der Waals surface area contributed by atoms with E-state index in [2.05, 4.69) is 16.0 Å². The van der Waals surface area contributed by atoms with Crippen molar-refractivity contribution in [2.24, 2.45) is 11.8 Å². The predicted octanol–water partition coefficient (Wildman–Crippen LogP) is 3.52. The van der Waals surface area contributed by atoms with Gasteiger partial charge in [-0.15, -0.1) is 12.4 Å². The Labute approximate surface area is 163 Å². The summed E-state index contributed by atoms with van der Waals surface area (Å²) in [6.45, 7) is 8.82. The number of hydrogen-bond donors (Lipinski definition) is 3. The second-order valence-corrected chi connectivity index (χ2v) is 7.43. The zero-order chi connectivity index (χ0) is 18.2. The maximum absolute atomic E-state index is 12.3. The van der Waals surface area contributed by atoms with E-state index in [0.717, 1.165) is 30.8 Å². The third-order valence-corrected chi connectivity index (χ3v) is 4.59. The van der Waals surface area contributed by atoms with Gasteiger partial charge in [-0.3, -0.25) is 9.59 Å². The van der Waals surface area contributed by atoms with Gasteiger partial charge in [0.05, 0.1) is 0 Å². The molecule has 0 bridgehead atoms. The average Bonchev–Trinajstić information content (AvgIpc) is 2.57. The maximum Gasteiger partial charge on any atom is 0.251 e. The van der Waals surface area contributed by atoms with E-state index in [4.69, 9.17) is 0 Å². The van der Waals surface area contributed by atoms with E-state index in [1.54, 1.807) is 6.07 Å². The first-order chi connectivity index (χ1) is 12.0. The van der Waals surface area contributed by atoms with E-state index in [1.165, 1.54) is 12.8 Å². The summed E-state index contributed by atoms with van der Waals surface area (Å²) in [5, 5.41) is 9.32. The number of carbonyl (C=O) groups is 2. The van der Waals surface area contributed by atoms with Gasteiger partial charge in [0.15, 0.2) is 0 Å². The Morgan fingerprint density at radius 3 is 2.69 bits per heavy atom. The number of amides is 2. The van der Waals surface area contributed by atoms with Crippen molar-refractivity contribution in [2.75, 3.05) is 25.0 Å². The lowest BCUT2D eigenvalue weighted by Gasteiger charge is -2.22. The van der Waals surface area contributed by atoms with Gasteiger partial charge in [0, 0.05) is 24.2 Å². The molecule has 1 aliphatic heterocycles. The van der Waals surface area contributed by atoms with Crippen LogP contribution in [0, 0.1) is 18.8 Å².